The standard InChI is InChI=1S/C15H12Cl2N2O5S/c1-2-23-11(20)6-24-12-9(16)4-7(5-10(12)17)3-8-13(21)18-15(25)19-14(8)22/h3-5H,2,6H2,1H3,(H2,18,19,21,22,25). The van der Waals surface area contributed by atoms with E-state index in [1.54, 1.807) is 6.92 Å². The Hall–Kier alpha value is -2.16. The zero-order valence-electron chi connectivity index (χ0n) is 12.9. The van der Waals surface area contributed by atoms with Gasteiger partial charge in [-0.1, -0.05) is 23.2 Å². The number of carbonyl (C=O) groups excluding carboxylic acids is 3. The summed E-state index contributed by atoms with van der Waals surface area (Å²) in [6, 6.07) is 2.88. The molecule has 0 aromatic heterocycles. The molecule has 0 atom stereocenters. The van der Waals surface area contributed by atoms with Crippen LogP contribution in [-0.4, -0.2) is 36.1 Å². The van der Waals surface area contributed by atoms with Gasteiger partial charge in [0, 0.05) is 0 Å². The van der Waals surface area contributed by atoms with Crippen molar-refractivity contribution in [1.29, 1.82) is 0 Å². The maximum Gasteiger partial charge on any atom is 0.344 e. The smallest absolute Gasteiger partial charge is 0.344 e. The molecule has 1 aromatic carbocycles. The van der Waals surface area contributed by atoms with Crippen LogP contribution in [0.15, 0.2) is 17.7 Å². The Morgan fingerprint density at radius 1 is 1.20 bits per heavy atom. The van der Waals surface area contributed by atoms with Crippen molar-refractivity contribution in [2.75, 3.05) is 13.2 Å². The molecule has 10 heteroatoms. The number of nitrogens with one attached hydrogen (secondary N) is 2. The fraction of sp³-hybridized carbons (Fsp3) is 0.200. The molecule has 1 aromatic rings. The zero-order valence-corrected chi connectivity index (χ0v) is 15.2. The third-order valence-electron chi connectivity index (χ3n) is 2.91. The van der Waals surface area contributed by atoms with Gasteiger partial charge in [-0.3, -0.25) is 20.2 Å². The molecule has 0 radical (unpaired) electrons. The SMILES string of the molecule is CCOC(=O)COc1c(Cl)cc(C=C2C(=O)NC(=S)NC2=O)cc1Cl. The van der Waals surface area contributed by atoms with Crippen LogP contribution in [0.1, 0.15) is 12.5 Å². The van der Waals surface area contributed by atoms with E-state index in [2.05, 4.69) is 10.6 Å². The molecule has 1 heterocycles. The second-order valence-electron chi connectivity index (χ2n) is 4.70. The number of benzene rings is 1. The van der Waals surface area contributed by atoms with E-state index in [4.69, 9.17) is 44.9 Å². The molecular formula is C15H12Cl2N2O5S. The number of hydrogen-bond acceptors (Lipinski definition) is 6. The number of halogens is 2. The average molecular weight is 403 g/mol. The molecule has 2 rings (SSSR count). The first-order valence-electron chi connectivity index (χ1n) is 6.97. The molecule has 0 bridgehead atoms. The molecule has 0 unspecified atom stereocenters. The molecule has 7 nitrogen and oxygen atoms in total. The lowest BCUT2D eigenvalue weighted by molar-refractivity contribution is -0.145. The first kappa shape index (κ1) is 19.2. The lowest BCUT2D eigenvalue weighted by atomic mass is 10.1. The first-order valence-corrected chi connectivity index (χ1v) is 8.14. The van der Waals surface area contributed by atoms with E-state index in [1.807, 2.05) is 0 Å². The molecule has 1 fully saturated rings. The Morgan fingerprint density at radius 2 is 1.76 bits per heavy atom. The predicted octanol–water partition coefficient (Wildman–Crippen LogP) is 1.85. The molecule has 1 aliphatic rings. The Morgan fingerprint density at radius 3 is 2.28 bits per heavy atom. The van der Waals surface area contributed by atoms with Crippen LogP contribution in [0.4, 0.5) is 0 Å². The summed E-state index contributed by atoms with van der Waals surface area (Å²) in [7, 11) is 0. The van der Waals surface area contributed by atoms with Crippen LogP contribution in [0.5, 0.6) is 5.75 Å². The molecule has 0 spiro atoms. The Kier molecular flexibility index (Phi) is 6.35. The van der Waals surface area contributed by atoms with Gasteiger partial charge in [-0.15, -0.1) is 0 Å². The molecule has 25 heavy (non-hydrogen) atoms. The quantitative estimate of drug-likeness (QED) is 0.337. The minimum Gasteiger partial charge on any atom is -0.479 e. The van der Waals surface area contributed by atoms with Crippen molar-refractivity contribution in [2.24, 2.45) is 0 Å². The molecule has 2 N–H and O–H groups in total. The Bertz CT molecular complexity index is 749. The number of carbonyl (C=O) groups is 3. The summed E-state index contributed by atoms with van der Waals surface area (Å²) >= 11 is 16.9. The predicted molar refractivity (Wildman–Crippen MR) is 95.5 cm³/mol. The maximum absolute atomic E-state index is 11.8. The lowest BCUT2D eigenvalue weighted by Crippen LogP contribution is -2.51. The second-order valence-corrected chi connectivity index (χ2v) is 5.93. The number of hydrogen-bond donors (Lipinski definition) is 2. The lowest BCUT2D eigenvalue weighted by Gasteiger charge is -2.16. The fourth-order valence-corrected chi connectivity index (χ4v) is 2.71. The Labute approximate surface area is 158 Å². The Balaban J connectivity index is 2.23. The normalized spacial score (nSPS) is 13.9. The van der Waals surface area contributed by atoms with Gasteiger partial charge in [-0.2, -0.15) is 0 Å². The third kappa shape index (κ3) is 4.91. The van der Waals surface area contributed by atoms with E-state index in [9.17, 15) is 14.4 Å². The van der Waals surface area contributed by atoms with E-state index in [-0.39, 0.29) is 39.7 Å². The van der Waals surface area contributed by atoms with E-state index in [1.165, 1.54) is 18.2 Å². The van der Waals surface area contributed by atoms with E-state index < -0.39 is 17.8 Å². The van der Waals surface area contributed by atoms with Crippen molar-refractivity contribution < 1.29 is 23.9 Å². The number of thiocarbonyl (C=S) groups is 1. The second kappa shape index (κ2) is 8.28. The summed E-state index contributed by atoms with van der Waals surface area (Å²) in [6.45, 7) is 1.55. The van der Waals surface area contributed by atoms with E-state index in [0.29, 0.717) is 5.56 Å². The monoisotopic (exact) mass is 402 g/mol. The summed E-state index contributed by atoms with van der Waals surface area (Å²) in [5.74, 6) is -1.74. The molecule has 1 aliphatic heterocycles. The largest absolute Gasteiger partial charge is 0.479 e. The molecule has 0 saturated carbocycles. The summed E-state index contributed by atoms with van der Waals surface area (Å²) in [5, 5.41) is 4.78. The van der Waals surface area contributed by atoms with Crippen molar-refractivity contribution >= 4 is 64.4 Å². The van der Waals surface area contributed by atoms with Crippen molar-refractivity contribution in [2.45, 2.75) is 6.92 Å². The molecular weight excluding hydrogens is 391 g/mol. The van der Waals surface area contributed by atoms with E-state index >= 15 is 0 Å². The minimum atomic E-state index is -0.636. The van der Waals surface area contributed by atoms with Crippen molar-refractivity contribution in [1.82, 2.24) is 10.6 Å². The first-order chi connectivity index (χ1) is 11.8. The van der Waals surface area contributed by atoms with Gasteiger partial charge in [0.05, 0.1) is 16.7 Å². The highest BCUT2D eigenvalue weighted by atomic mass is 35.5. The molecule has 1 saturated heterocycles. The van der Waals surface area contributed by atoms with Crippen molar-refractivity contribution in [3.05, 3.63) is 33.3 Å². The van der Waals surface area contributed by atoms with Crippen LogP contribution in [0.25, 0.3) is 6.08 Å². The van der Waals surface area contributed by atoms with Gasteiger partial charge in [-0.05, 0) is 42.9 Å². The van der Waals surface area contributed by atoms with Gasteiger partial charge < -0.3 is 9.47 Å². The summed E-state index contributed by atoms with van der Waals surface area (Å²) in [5.41, 5.74) is 0.243. The minimum absolute atomic E-state index is 0.0640. The van der Waals surface area contributed by atoms with Gasteiger partial charge in [0.15, 0.2) is 17.5 Å². The third-order valence-corrected chi connectivity index (χ3v) is 3.68. The molecule has 0 aliphatic carbocycles. The van der Waals surface area contributed by atoms with Gasteiger partial charge in [-0.25, -0.2) is 4.79 Å². The topological polar surface area (TPSA) is 93.7 Å². The number of ether oxygens (including phenoxy) is 2. The zero-order chi connectivity index (χ0) is 18.6. The van der Waals surface area contributed by atoms with Crippen LogP contribution in [0, 0.1) is 0 Å². The molecule has 132 valence electrons. The number of rotatable bonds is 5. The van der Waals surface area contributed by atoms with Crippen molar-refractivity contribution in [3.8, 4) is 5.75 Å². The summed E-state index contributed by atoms with van der Waals surface area (Å²) in [4.78, 5) is 35.0. The highest BCUT2D eigenvalue weighted by Gasteiger charge is 2.25. The van der Waals surface area contributed by atoms with Crippen LogP contribution >= 0.6 is 35.4 Å². The summed E-state index contributed by atoms with van der Waals surface area (Å²) in [6.07, 6.45) is 1.30. The van der Waals surface area contributed by atoms with Gasteiger partial charge >= 0.3 is 5.97 Å². The number of esters is 1. The van der Waals surface area contributed by atoms with Crippen LogP contribution in [0.3, 0.4) is 0 Å². The van der Waals surface area contributed by atoms with Gasteiger partial charge in [0.2, 0.25) is 0 Å². The average Bonchev–Trinajstić information content (AvgIpc) is 2.50. The highest BCUT2D eigenvalue weighted by Crippen LogP contribution is 2.35. The highest BCUT2D eigenvalue weighted by molar-refractivity contribution is 7.80. The van der Waals surface area contributed by atoms with Crippen molar-refractivity contribution in [3.63, 3.8) is 0 Å². The van der Waals surface area contributed by atoms with Gasteiger partial charge in [0.25, 0.3) is 11.8 Å². The fourth-order valence-electron chi connectivity index (χ4n) is 1.91. The molecule has 2 amide bonds. The summed E-state index contributed by atoms with van der Waals surface area (Å²) < 4.78 is 9.99. The van der Waals surface area contributed by atoms with Crippen LogP contribution in [0.2, 0.25) is 10.0 Å². The van der Waals surface area contributed by atoms with Crippen LogP contribution in [-0.2, 0) is 19.1 Å². The maximum atomic E-state index is 11.8. The van der Waals surface area contributed by atoms with E-state index in [0.717, 1.165) is 0 Å². The number of amides is 2. The van der Waals surface area contributed by atoms with Crippen LogP contribution < -0.4 is 15.4 Å². The van der Waals surface area contributed by atoms with Gasteiger partial charge in [0.1, 0.15) is 5.57 Å².